The number of phenols is 2. The number of aldehydes is 1. The maximum Gasteiger partial charge on any atom is 0.407 e. The van der Waals surface area contributed by atoms with Crippen molar-refractivity contribution < 1.29 is 53.5 Å². The van der Waals surface area contributed by atoms with E-state index in [0.29, 0.717) is 79.1 Å². The minimum Gasteiger partial charge on any atom is -0.507 e. The fourth-order valence-electron chi connectivity index (χ4n) is 10.7. The number of carbonyl (C=O) groups is 5. The first-order valence-electron chi connectivity index (χ1n) is 25.0. The quantitative estimate of drug-likeness (QED) is 0.0464. The molecule has 8 N–H and O–H groups in total. The lowest BCUT2D eigenvalue weighted by atomic mass is 10.0. The molecule has 4 aliphatic carbocycles. The molecule has 8 rings (SSSR count). The summed E-state index contributed by atoms with van der Waals surface area (Å²) < 4.78 is 16.4. The molecule has 0 aliphatic heterocycles. The van der Waals surface area contributed by atoms with E-state index in [1.165, 1.54) is 18.1 Å². The molecule has 6 atom stereocenters. The lowest BCUT2D eigenvalue weighted by Gasteiger charge is -2.38. The van der Waals surface area contributed by atoms with Crippen molar-refractivity contribution >= 4 is 48.1 Å². The lowest BCUT2D eigenvalue weighted by Crippen LogP contribution is -2.50. The molecule has 0 unspecified atom stereocenters. The molecule has 0 bridgehead atoms. The number of benzene rings is 2. The molecule has 4 aromatic rings. The van der Waals surface area contributed by atoms with Gasteiger partial charge >= 0.3 is 12.2 Å². The summed E-state index contributed by atoms with van der Waals surface area (Å²) in [6.07, 6.45) is 7.14. The van der Waals surface area contributed by atoms with Gasteiger partial charge in [0, 0.05) is 94.3 Å². The average Bonchev–Trinajstić information content (AvgIpc) is 4.16. The highest BCUT2D eigenvalue weighted by molar-refractivity contribution is 5.95. The zero-order valence-corrected chi connectivity index (χ0v) is 43.5. The number of ether oxygens (including phenoxy) is 3. The second-order valence-electron chi connectivity index (χ2n) is 21.9. The first-order valence-corrected chi connectivity index (χ1v) is 25.0. The van der Waals surface area contributed by atoms with Gasteiger partial charge in [0.25, 0.3) is 0 Å². The Kier molecular flexibility index (Phi) is 16.1. The molecule has 4 amide bonds. The van der Waals surface area contributed by atoms with Crippen LogP contribution in [0.2, 0.25) is 0 Å². The van der Waals surface area contributed by atoms with E-state index in [-0.39, 0.29) is 70.4 Å². The summed E-state index contributed by atoms with van der Waals surface area (Å²) in [7, 11) is 3.05. The molecular weight excluding hydrogens is 939 g/mol. The Morgan fingerprint density at radius 1 is 0.740 bits per heavy atom. The molecule has 0 radical (unpaired) electrons. The van der Waals surface area contributed by atoms with Gasteiger partial charge in [-0.05, 0) is 142 Å². The van der Waals surface area contributed by atoms with Gasteiger partial charge in [-0.15, -0.1) is 0 Å². The van der Waals surface area contributed by atoms with Crippen LogP contribution in [-0.2, 0) is 40.0 Å². The second kappa shape index (κ2) is 21.9. The maximum atomic E-state index is 13.2. The first kappa shape index (κ1) is 53.7. The van der Waals surface area contributed by atoms with Gasteiger partial charge in [-0.2, -0.15) is 10.2 Å². The van der Waals surface area contributed by atoms with Crippen molar-refractivity contribution in [1.29, 1.82) is 0 Å². The molecule has 0 spiro atoms. The van der Waals surface area contributed by atoms with Gasteiger partial charge < -0.3 is 50.4 Å². The van der Waals surface area contributed by atoms with Crippen LogP contribution in [0, 0.1) is 11.8 Å². The number of methoxy groups -OCH3 is 2. The van der Waals surface area contributed by atoms with Crippen molar-refractivity contribution in [2.45, 2.75) is 161 Å². The summed E-state index contributed by atoms with van der Waals surface area (Å²) in [5, 5.41) is 53.6. The average molecular weight is 1010 g/mol. The van der Waals surface area contributed by atoms with Gasteiger partial charge in [0.1, 0.15) is 29.1 Å². The Morgan fingerprint density at radius 2 is 1.23 bits per heavy atom. The summed E-state index contributed by atoms with van der Waals surface area (Å²) in [6, 6.07) is 6.67. The number of aromatic amines is 2. The predicted molar refractivity (Wildman–Crippen MR) is 273 cm³/mol. The molecule has 0 saturated heterocycles. The number of nitrogens with one attached hydrogen (secondary N) is 5. The van der Waals surface area contributed by atoms with Gasteiger partial charge in [0.15, 0.2) is 17.9 Å². The smallest absolute Gasteiger partial charge is 0.407 e. The number of rotatable bonds is 13. The number of amides is 4. The highest BCUT2D eigenvalue weighted by Gasteiger charge is 2.40. The zero-order chi connectivity index (χ0) is 53.1. The minimum absolute atomic E-state index is 0.0748. The fourth-order valence-corrected chi connectivity index (χ4v) is 10.7. The van der Waals surface area contributed by atoms with Crippen LogP contribution >= 0.6 is 0 Å². The molecular formula is C53H71N9O11. The van der Waals surface area contributed by atoms with Crippen LogP contribution in [0.1, 0.15) is 155 Å². The number of anilines is 2. The van der Waals surface area contributed by atoms with Crippen LogP contribution < -0.4 is 25.4 Å². The third-order valence-electron chi connectivity index (χ3n) is 14.1. The number of aromatic nitrogens is 4. The SMILES string of the molecule is COc1cc(O)c(C=NC(C)C)c2c1C[C@@H](C(=O)Nc1cc([C@H]3CC[C@@H](OC(=O)NC(C)(C)C)C3)[nH]n1)C2.COc1cc(O)c(C=O)c2c1C[C@@H](C(=O)Nc1cc([C@H]3CC[C@@H](N(C(=O)O)C(C)(C)C)C3)[nH]n1)C2. The standard InChI is InChI=1S/C28H39N5O5.C25H32N4O6/c1-15(2)29-14-21-19-10-17(11-20(19)24(37-6)13-23(21)34)26(35)30-25-12-22(32-33-25)16-7-8-18(9-16)38-27(36)31-28(3,4)5;1-25(2,3)29(24(33)34)15-6-5-13(7-15)19-10-22(28-27-19)26-23(32)14-8-16-17(9-14)21(35-4)11-20(31)18(16)12-30/h12-18,34H,7-11H2,1-6H3,(H,31,36)(H2,30,32,33,35);10-15,31H,5-9H2,1-4H3,(H,33,34)(H2,26,27,28,32)/t16-,17-,18+;13-,14-,15+/m00/s1. The van der Waals surface area contributed by atoms with E-state index in [1.807, 2.05) is 61.5 Å². The van der Waals surface area contributed by atoms with Crippen LogP contribution in [0.5, 0.6) is 23.0 Å². The largest absolute Gasteiger partial charge is 0.507 e. The Hall–Kier alpha value is -7.12. The summed E-state index contributed by atoms with van der Waals surface area (Å²) in [6.45, 7) is 15.4. The summed E-state index contributed by atoms with van der Waals surface area (Å²) in [5.74, 6) is 1.02. The van der Waals surface area contributed by atoms with Crippen molar-refractivity contribution in [1.82, 2.24) is 30.6 Å². The number of aromatic hydroxyl groups is 2. The van der Waals surface area contributed by atoms with Crippen LogP contribution in [0.15, 0.2) is 29.3 Å². The maximum absolute atomic E-state index is 13.2. The van der Waals surface area contributed by atoms with Crippen molar-refractivity contribution in [3.05, 3.63) is 69.0 Å². The van der Waals surface area contributed by atoms with Gasteiger partial charge in [0.2, 0.25) is 11.8 Å². The van der Waals surface area contributed by atoms with Crippen molar-refractivity contribution in [3.63, 3.8) is 0 Å². The Balaban J connectivity index is 0.000000214. The zero-order valence-electron chi connectivity index (χ0n) is 43.5. The third kappa shape index (κ3) is 12.6. The van der Waals surface area contributed by atoms with E-state index >= 15 is 0 Å². The van der Waals surface area contributed by atoms with Crippen LogP contribution in [-0.4, -0.2) is 121 Å². The number of nitrogens with zero attached hydrogens (tertiary/aromatic N) is 4. The normalized spacial score (nSPS) is 21.2. The van der Waals surface area contributed by atoms with Crippen molar-refractivity contribution in [3.8, 4) is 23.0 Å². The number of phenolic OH excluding ortho intramolecular Hbond substituents is 2. The van der Waals surface area contributed by atoms with E-state index in [2.05, 4.69) is 41.3 Å². The van der Waals surface area contributed by atoms with Crippen molar-refractivity contribution in [2.75, 3.05) is 24.9 Å². The molecule has 20 nitrogen and oxygen atoms in total. The Morgan fingerprint density at radius 3 is 1.71 bits per heavy atom. The van der Waals surface area contributed by atoms with Crippen molar-refractivity contribution in [2.24, 2.45) is 16.8 Å². The molecule has 2 aromatic carbocycles. The molecule has 4 aliphatic rings. The Bertz CT molecular complexity index is 2730. The molecule has 394 valence electrons. The third-order valence-corrected chi connectivity index (χ3v) is 14.1. The number of aliphatic imine (C=N–C) groups is 1. The summed E-state index contributed by atoms with van der Waals surface area (Å²) in [4.78, 5) is 67.6. The number of carbonyl (C=O) groups excluding carboxylic acids is 4. The van der Waals surface area contributed by atoms with Gasteiger partial charge in [-0.3, -0.25) is 29.6 Å². The van der Waals surface area contributed by atoms with Crippen LogP contribution in [0.3, 0.4) is 0 Å². The topological polar surface area (TPSA) is 283 Å². The predicted octanol–water partition coefficient (Wildman–Crippen LogP) is 8.17. The number of H-pyrrole nitrogens is 2. The van der Waals surface area contributed by atoms with E-state index in [0.717, 1.165) is 53.8 Å². The first-order chi connectivity index (χ1) is 34.5. The van der Waals surface area contributed by atoms with E-state index in [9.17, 15) is 39.3 Å². The number of hydrogen-bond acceptors (Lipinski definition) is 13. The van der Waals surface area contributed by atoms with Gasteiger partial charge in [0.05, 0.1) is 19.8 Å². The number of alkyl carbamates (subject to hydrolysis) is 1. The van der Waals surface area contributed by atoms with Gasteiger partial charge in [-0.1, -0.05) is 0 Å². The summed E-state index contributed by atoms with van der Waals surface area (Å²) >= 11 is 0. The molecule has 2 saturated carbocycles. The number of hydrogen-bond donors (Lipinski definition) is 8. The molecule has 2 heterocycles. The monoisotopic (exact) mass is 1010 g/mol. The minimum atomic E-state index is -0.916. The molecule has 20 heteroatoms. The number of carboxylic acid groups (broad SMARTS) is 1. The molecule has 2 fully saturated rings. The Labute approximate surface area is 425 Å². The molecule has 73 heavy (non-hydrogen) atoms. The second-order valence-corrected chi connectivity index (χ2v) is 21.9. The fraction of sp³-hybridized carbons (Fsp3) is 0.547. The highest BCUT2D eigenvalue weighted by atomic mass is 16.6. The van der Waals surface area contributed by atoms with Gasteiger partial charge in [-0.25, -0.2) is 9.59 Å². The van der Waals surface area contributed by atoms with E-state index in [4.69, 9.17) is 14.2 Å². The highest BCUT2D eigenvalue weighted by Crippen LogP contribution is 2.43. The van der Waals surface area contributed by atoms with E-state index < -0.39 is 23.6 Å². The lowest BCUT2D eigenvalue weighted by molar-refractivity contribution is -0.120. The molecule has 2 aromatic heterocycles. The van der Waals surface area contributed by atoms with Crippen LogP contribution in [0.4, 0.5) is 21.2 Å². The van der Waals surface area contributed by atoms with E-state index in [1.54, 1.807) is 25.5 Å². The van der Waals surface area contributed by atoms with Crippen LogP contribution in [0.25, 0.3) is 0 Å². The summed E-state index contributed by atoms with van der Waals surface area (Å²) in [5.41, 5.74) is 4.99. The number of fused-ring (bicyclic) bond motifs is 2.